The predicted octanol–water partition coefficient (Wildman–Crippen LogP) is 11.1. The lowest BCUT2D eigenvalue weighted by molar-refractivity contribution is 0.564. The van der Waals surface area contributed by atoms with Crippen LogP contribution in [-0.2, 0) is 6.42 Å². The Hall–Kier alpha value is -1.28. The second-order valence-electron chi connectivity index (χ2n) is 9.98. The van der Waals surface area contributed by atoms with E-state index in [9.17, 15) is 0 Å². The molecule has 0 spiro atoms. The number of nitrogens with zero attached hydrogens (tertiary/aromatic N) is 1. The van der Waals surface area contributed by atoms with Gasteiger partial charge in [-0.2, -0.15) is 0 Å². The average molecular weight is 482 g/mol. The number of aryl methyl sites for hydroxylation is 1. The van der Waals surface area contributed by atoms with Gasteiger partial charge in [-0.1, -0.05) is 128 Å². The number of pyridine rings is 1. The normalized spacial score (nSPS) is 11.2. The van der Waals surface area contributed by atoms with Crippen molar-refractivity contribution in [3.8, 4) is 11.3 Å². The lowest BCUT2D eigenvalue weighted by Gasteiger charge is -2.06. The molecule has 0 saturated carbocycles. The topological polar surface area (TPSA) is 12.9 Å². The van der Waals surface area contributed by atoms with Gasteiger partial charge in [-0.25, -0.2) is 0 Å². The molecule has 1 nitrogen and oxygen atoms in total. The molecule has 0 bridgehead atoms. The zero-order valence-electron chi connectivity index (χ0n) is 22.3. The zero-order valence-corrected chi connectivity index (χ0v) is 23.1. The summed E-state index contributed by atoms with van der Waals surface area (Å²) in [4.78, 5) is 6.13. The molecule has 0 radical (unpaired) electrons. The minimum atomic E-state index is 1.09. The van der Waals surface area contributed by atoms with Crippen molar-refractivity contribution < 1.29 is 0 Å². The molecule has 1 aromatic carbocycles. The van der Waals surface area contributed by atoms with Gasteiger partial charge in [0.25, 0.3) is 0 Å². The second-order valence-corrected chi connectivity index (χ2v) is 11.1. The van der Waals surface area contributed by atoms with Crippen molar-refractivity contribution in [2.75, 3.05) is 5.75 Å². The van der Waals surface area contributed by atoms with Crippen molar-refractivity contribution in [2.24, 2.45) is 0 Å². The Morgan fingerprint density at radius 2 is 1.09 bits per heavy atom. The molecule has 0 saturated heterocycles. The van der Waals surface area contributed by atoms with Gasteiger partial charge in [0.1, 0.15) is 0 Å². The van der Waals surface area contributed by atoms with Crippen molar-refractivity contribution >= 4 is 11.8 Å². The number of benzene rings is 1. The van der Waals surface area contributed by atoms with E-state index in [4.69, 9.17) is 4.98 Å². The SMILES string of the molecule is CCCCCCCCCCCc1ccc(-c2ccc(SCCCCCCCCCC)cc2)nc1. The van der Waals surface area contributed by atoms with Crippen LogP contribution >= 0.6 is 11.8 Å². The van der Waals surface area contributed by atoms with E-state index in [1.54, 1.807) is 0 Å². The van der Waals surface area contributed by atoms with Crippen molar-refractivity contribution in [3.05, 3.63) is 48.2 Å². The summed E-state index contributed by atoms with van der Waals surface area (Å²) in [5.41, 5.74) is 3.70. The third kappa shape index (κ3) is 13.6. The van der Waals surface area contributed by atoms with Crippen LogP contribution in [0.2, 0.25) is 0 Å². The summed E-state index contributed by atoms with van der Waals surface area (Å²) in [6.45, 7) is 4.58. The van der Waals surface area contributed by atoms with Gasteiger partial charge in [0.2, 0.25) is 0 Å². The van der Waals surface area contributed by atoms with Gasteiger partial charge in [-0.3, -0.25) is 4.98 Å². The Kier molecular flexibility index (Phi) is 17.0. The van der Waals surface area contributed by atoms with Crippen LogP contribution in [0.15, 0.2) is 47.5 Å². The number of aromatic nitrogens is 1. The van der Waals surface area contributed by atoms with Crippen molar-refractivity contribution in [1.29, 1.82) is 0 Å². The van der Waals surface area contributed by atoms with Crippen LogP contribution < -0.4 is 0 Å². The van der Waals surface area contributed by atoms with Crippen molar-refractivity contribution in [2.45, 2.75) is 134 Å². The molecule has 34 heavy (non-hydrogen) atoms. The molecule has 1 heterocycles. The summed E-state index contributed by atoms with van der Waals surface area (Å²) in [5, 5.41) is 0. The van der Waals surface area contributed by atoms with Crippen LogP contribution in [0.3, 0.4) is 0 Å². The summed E-state index contributed by atoms with van der Waals surface area (Å²) in [6.07, 6.45) is 26.9. The zero-order chi connectivity index (χ0) is 24.1. The van der Waals surface area contributed by atoms with E-state index in [0.717, 1.165) is 12.1 Å². The lowest BCUT2D eigenvalue weighted by atomic mass is 10.0. The molecular formula is C32H51NS. The highest BCUT2D eigenvalue weighted by molar-refractivity contribution is 7.99. The van der Waals surface area contributed by atoms with Crippen LogP contribution in [0, 0.1) is 0 Å². The molecular weight excluding hydrogens is 430 g/mol. The summed E-state index contributed by atoms with van der Waals surface area (Å²) in [5.74, 6) is 1.24. The largest absolute Gasteiger partial charge is 0.256 e. The van der Waals surface area contributed by atoms with Crippen LogP contribution in [0.25, 0.3) is 11.3 Å². The van der Waals surface area contributed by atoms with Crippen LogP contribution in [-0.4, -0.2) is 10.7 Å². The van der Waals surface area contributed by atoms with Gasteiger partial charge in [-0.15, -0.1) is 11.8 Å². The monoisotopic (exact) mass is 481 g/mol. The van der Waals surface area contributed by atoms with Gasteiger partial charge in [0.05, 0.1) is 5.69 Å². The second kappa shape index (κ2) is 20.0. The first-order chi connectivity index (χ1) is 16.8. The smallest absolute Gasteiger partial charge is 0.0702 e. The Morgan fingerprint density at radius 3 is 1.62 bits per heavy atom. The molecule has 2 rings (SSSR count). The van der Waals surface area contributed by atoms with E-state index in [-0.39, 0.29) is 0 Å². The maximum absolute atomic E-state index is 4.75. The number of hydrogen-bond donors (Lipinski definition) is 0. The molecule has 0 aliphatic rings. The van der Waals surface area contributed by atoms with E-state index >= 15 is 0 Å². The fraction of sp³-hybridized carbons (Fsp3) is 0.656. The quantitative estimate of drug-likeness (QED) is 0.130. The Morgan fingerprint density at radius 1 is 0.559 bits per heavy atom. The van der Waals surface area contributed by atoms with Crippen LogP contribution in [0.1, 0.15) is 129 Å². The molecule has 2 heteroatoms. The Balaban J connectivity index is 1.57. The first-order valence-corrected chi connectivity index (χ1v) is 15.5. The minimum Gasteiger partial charge on any atom is -0.256 e. The minimum absolute atomic E-state index is 1.09. The summed E-state index contributed by atoms with van der Waals surface area (Å²) in [7, 11) is 0. The molecule has 0 aliphatic heterocycles. The van der Waals surface area contributed by atoms with E-state index < -0.39 is 0 Å². The van der Waals surface area contributed by atoms with Gasteiger partial charge >= 0.3 is 0 Å². The first-order valence-electron chi connectivity index (χ1n) is 14.5. The van der Waals surface area contributed by atoms with Gasteiger partial charge in [0, 0.05) is 16.7 Å². The van der Waals surface area contributed by atoms with E-state index in [0.29, 0.717) is 0 Å². The molecule has 1 aromatic heterocycles. The highest BCUT2D eigenvalue weighted by atomic mass is 32.2. The average Bonchev–Trinajstić information content (AvgIpc) is 2.87. The fourth-order valence-electron chi connectivity index (χ4n) is 4.53. The third-order valence-corrected chi connectivity index (χ3v) is 7.91. The third-order valence-electron chi connectivity index (χ3n) is 6.81. The van der Waals surface area contributed by atoms with E-state index in [1.807, 2.05) is 11.8 Å². The number of unbranched alkanes of at least 4 members (excludes halogenated alkanes) is 15. The summed E-state index contributed by atoms with van der Waals surface area (Å²) >= 11 is 2.00. The van der Waals surface area contributed by atoms with Crippen LogP contribution in [0.4, 0.5) is 0 Å². The van der Waals surface area contributed by atoms with Gasteiger partial charge in [0.15, 0.2) is 0 Å². The maximum atomic E-state index is 4.75. The molecule has 190 valence electrons. The number of hydrogen-bond acceptors (Lipinski definition) is 2. The molecule has 0 fully saturated rings. The Labute approximate surface area is 215 Å². The number of rotatable bonds is 21. The number of thioether (sulfide) groups is 1. The highest BCUT2D eigenvalue weighted by Gasteiger charge is 2.02. The molecule has 0 amide bonds. The van der Waals surface area contributed by atoms with E-state index in [2.05, 4.69) is 56.4 Å². The first kappa shape index (κ1) is 29.0. The Bertz CT molecular complexity index is 643. The molecule has 2 aromatic rings. The standard InChI is InChI=1S/C32H51NS/c1-3-5-7-9-11-13-14-16-18-20-29-21-26-32(33-28-29)30-22-24-31(25-23-30)34-27-19-17-15-12-10-8-6-4-2/h21-26,28H,3-20,27H2,1-2H3. The van der Waals surface area contributed by atoms with Crippen molar-refractivity contribution in [1.82, 2.24) is 4.98 Å². The molecule has 0 atom stereocenters. The summed E-state index contributed by atoms with van der Waals surface area (Å²) in [6, 6.07) is 13.5. The van der Waals surface area contributed by atoms with Crippen molar-refractivity contribution in [3.63, 3.8) is 0 Å². The van der Waals surface area contributed by atoms with Crippen LogP contribution in [0.5, 0.6) is 0 Å². The predicted molar refractivity (Wildman–Crippen MR) is 154 cm³/mol. The molecule has 0 unspecified atom stereocenters. The summed E-state index contributed by atoms with van der Waals surface area (Å²) < 4.78 is 0. The highest BCUT2D eigenvalue weighted by Crippen LogP contribution is 2.24. The van der Waals surface area contributed by atoms with E-state index in [1.165, 1.54) is 131 Å². The fourth-order valence-corrected chi connectivity index (χ4v) is 5.44. The van der Waals surface area contributed by atoms with Gasteiger partial charge < -0.3 is 0 Å². The van der Waals surface area contributed by atoms with Gasteiger partial charge in [-0.05, 0) is 48.8 Å². The molecule has 0 aliphatic carbocycles. The molecule has 0 N–H and O–H groups in total. The lowest BCUT2D eigenvalue weighted by Crippen LogP contribution is -1.90. The maximum Gasteiger partial charge on any atom is 0.0702 e.